The summed E-state index contributed by atoms with van der Waals surface area (Å²) in [7, 11) is -0.531. The van der Waals surface area contributed by atoms with Crippen LogP contribution in [0.2, 0.25) is 5.02 Å². The molecule has 0 bridgehead atoms. The van der Waals surface area contributed by atoms with Crippen molar-refractivity contribution >= 4 is 21.6 Å². The van der Waals surface area contributed by atoms with Crippen molar-refractivity contribution in [2.24, 2.45) is 0 Å². The monoisotopic (exact) mass is 427 g/mol. The second kappa shape index (κ2) is 8.57. The number of aromatic hydroxyl groups is 1. The number of ether oxygens (including phenoxy) is 2. The van der Waals surface area contributed by atoms with Gasteiger partial charge in [0, 0.05) is 10.6 Å². The van der Waals surface area contributed by atoms with Crippen LogP contribution in [-0.2, 0) is 16.6 Å². The maximum Gasteiger partial charge on any atom is 0.243 e. The zero-order valence-corrected chi connectivity index (χ0v) is 17.4. The lowest BCUT2D eigenvalue weighted by Crippen LogP contribution is -3.13. The zero-order chi connectivity index (χ0) is 20.3. The number of piperazine rings is 1. The summed E-state index contributed by atoms with van der Waals surface area (Å²) in [5, 5.41) is 10.5. The van der Waals surface area contributed by atoms with E-state index in [0.717, 1.165) is 5.56 Å². The zero-order valence-electron chi connectivity index (χ0n) is 15.8. The van der Waals surface area contributed by atoms with Crippen LogP contribution in [0.4, 0.5) is 0 Å². The van der Waals surface area contributed by atoms with Crippen molar-refractivity contribution in [2.45, 2.75) is 11.4 Å². The molecule has 1 heterocycles. The third-order valence-electron chi connectivity index (χ3n) is 4.87. The molecule has 28 heavy (non-hydrogen) atoms. The molecule has 9 heteroatoms. The number of phenols is 1. The Kier molecular flexibility index (Phi) is 6.34. The Bertz CT molecular complexity index is 901. The molecule has 1 saturated heterocycles. The first-order valence-electron chi connectivity index (χ1n) is 8.88. The van der Waals surface area contributed by atoms with Gasteiger partial charge in [-0.15, -0.1) is 0 Å². The number of quaternary nitrogens is 1. The minimum Gasteiger partial charge on any atom is -0.502 e. The molecule has 152 valence electrons. The number of benzene rings is 2. The molecule has 0 spiro atoms. The van der Waals surface area contributed by atoms with Gasteiger partial charge < -0.3 is 19.5 Å². The quantitative estimate of drug-likeness (QED) is 0.723. The molecule has 0 saturated carbocycles. The minimum absolute atomic E-state index is 0.0253. The number of nitrogens with zero attached hydrogens (tertiary/aromatic N) is 1. The first kappa shape index (κ1) is 20.7. The topological polar surface area (TPSA) is 80.5 Å². The molecule has 0 atom stereocenters. The number of nitrogens with one attached hydrogen (secondary N) is 1. The summed E-state index contributed by atoms with van der Waals surface area (Å²) < 4.78 is 37.5. The number of phenolic OH excluding ortho intramolecular Hbond substituents is 1. The Hall–Kier alpha value is -2.00. The predicted molar refractivity (Wildman–Crippen MR) is 106 cm³/mol. The normalized spacial score (nSPS) is 16.1. The lowest BCUT2D eigenvalue weighted by Gasteiger charge is -2.31. The number of hydrogen-bond acceptors (Lipinski definition) is 5. The highest BCUT2D eigenvalue weighted by Crippen LogP contribution is 2.36. The number of rotatable bonds is 6. The van der Waals surface area contributed by atoms with Crippen molar-refractivity contribution in [1.29, 1.82) is 0 Å². The average molecular weight is 428 g/mol. The molecule has 1 aliphatic rings. The fraction of sp³-hybridized carbons (Fsp3) is 0.368. The van der Waals surface area contributed by atoms with Gasteiger partial charge in [-0.1, -0.05) is 11.6 Å². The van der Waals surface area contributed by atoms with Crippen molar-refractivity contribution in [2.75, 3.05) is 40.4 Å². The second-order valence-electron chi connectivity index (χ2n) is 6.63. The van der Waals surface area contributed by atoms with Gasteiger partial charge in [-0.2, -0.15) is 4.31 Å². The van der Waals surface area contributed by atoms with Crippen LogP contribution in [-0.4, -0.2) is 58.2 Å². The Morgan fingerprint density at radius 2 is 1.61 bits per heavy atom. The largest absolute Gasteiger partial charge is 0.502 e. The Balaban J connectivity index is 1.67. The molecule has 3 rings (SSSR count). The standard InChI is InChI=1S/C19H23ClN2O5S/c1-26-17-11-14(12-18(27-2)19(17)23)13-21-7-9-22(10-8-21)28(24,25)16-5-3-15(20)4-6-16/h3-6,11-12,23H,7-10,13H2,1-2H3/p+1. The van der Waals surface area contributed by atoms with E-state index in [0.29, 0.717) is 49.2 Å². The number of methoxy groups -OCH3 is 2. The van der Waals surface area contributed by atoms with Gasteiger partial charge in [0.1, 0.15) is 6.54 Å². The van der Waals surface area contributed by atoms with Gasteiger partial charge in [0.05, 0.1) is 45.3 Å². The molecular formula is C19H24ClN2O5S+. The molecule has 1 aliphatic heterocycles. The van der Waals surface area contributed by atoms with E-state index < -0.39 is 10.0 Å². The maximum atomic E-state index is 12.8. The SMILES string of the molecule is COc1cc(C[NH+]2CCN(S(=O)(=O)c3ccc(Cl)cc3)CC2)cc(OC)c1O. The fourth-order valence-electron chi connectivity index (χ4n) is 3.31. The lowest BCUT2D eigenvalue weighted by atomic mass is 10.1. The van der Waals surface area contributed by atoms with Gasteiger partial charge in [0.2, 0.25) is 15.8 Å². The van der Waals surface area contributed by atoms with E-state index in [1.54, 1.807) is 24.3 Å². The van der Waals surface area contributed by atoms with Crippen LogP contribution < -0.4 is 14.4 Å². The van der Waals surface area contributed by atoms with Crippen molar-refractivity contribution in [3.05, 3.63) is 47.0 Å². The van der Waals surface area contributed by atoms with Gasteiger partial charge >= 0.3 is 0 Å². The second-order valence-corrected chi connectivity index (χ2v) is 9.01. The van der Waals surface area contributed by atoms with Crippen LogP contribution in [0.3, 0.4) is 0 Å². The Morgan fingerprint density at radius 3 is 2.11 bits per heavy atom. The molecule has 2 N–H and O–H groups in total. The van der Waals surface area contributed by atoms with E-state index in [1.165, 1.54) is 35.6 Å². The van der Waals surface area contributed by atoms with Crippen LogP contribution in [0.15, 0.2) is 41.3 Å². The molecule has 2 aromatic rings. The highest BCUT2D eigenvalue weighted by atomic mass is 35.5. The molecule has 0 radical (unpaired) electrons. The summed E-state index contributed by atoms with van der Waals surface area (Å²) >= 11 is 5.85. The van der Waals surface area contributed by atoms with Crippen LogP contribution in [0.25, 0.3) is 0 Å². The van der Waals surface area contributed by atoms with Crippen molar-refractivity contribution in [1.82, 2.24) is 4.31 Å². The third-order valence-corrected chi connectivity index (χ3v) is 7.04. The average Bonchev–Trinajstić information content (AvgIpc) is 2.70. The molecule has 0 amide bonds. The van der Waals surface area contributed by atoms with Gasteiger partial charge in [0.15, 0.2) is 11.5 Å². The maximum absolute atomic E-state index is 12.8. The molecule has 7 nitrogen and oxygen atoms in total. The summed E-state index contributed by atoms with van der Waals surface area (Å²) in [6.07, 6.45) is 0. The van der Waals surface area contributed by atoms with Crippen LogP contribution in [0.1, 0.15) is 5.56 Å². The van der Waals surface area contributed by atoms with Crippen molar-refractivity contribution in [3.8, 4) is 17.2 Å². The first-order chi connectivity index (χ1) is 13.3. The van der Waals surface area contributed by atoms with E-state index in [-0.39, 0.29) is 10.6 Å². The molecule has 2 aromatic carbocycles. The van der Waals surface area contributed by atoms with E-state index in [9.17, 15) is 13.5 Å². The molecule has 0 aromatic heterocycles. The summed E-state index contributed by atoms with van der Waals surface area (Å²) in [5.41, 5.74) is 0.954. The first-order valence-corrected chi connectivity index (χ1v) is 10.7. The third kappa shape index (κ3) is 4.35. The Morgan fingerprint density at radius 1 is 1.07 bits per heavy atom. The highest BCUT2D eigenvalue weighted by molar-refractivity contribution is 7.89. The molecule has 1 fully saturated rings. The predicted octanol–water partition coefficient (Wildman–Crippen LogP) is 1.15. The van der Waals surface area contributed by atoms with Gasteiger partial charge in [-0.25, -0.2) is 8.42 Å². The summed E-state index contributed by atoms with van der Waals surface area (Å²) in [5.74, 6) is 0.693. The van der Waals surface area contributed by atoms with Gasteiger partial charge in [0.25, 0.3) is 0 Å². The van der Waals surface area contributed by atoms with Crippen LogP contribution in [0, 0.1) is 0 Å². The smallest absolute Gasteiger partial charge is 0.243 e. The number of halogens is 1. The van der Waals surface area contributed by atoms with Crippen LogP contribution >= 0.6 is 11.6 Å². The highest BCUT2D eigenvalue weighted by Gasteiger charge is 2.30. The number of sulfonamides is 1. The molecule has 0 unspecified atom stereocenters. The van der Waals surface area contributed by atoms with Gasteiger partial charge in [-0.05, 0) is 36.4 Å². The van der Waals surface area contributed by atoms with Crippen LogP contribution in [0.5, 0.6) is 17.2 Å². The van der Waals surface area contributed by atoms with Crippen molar-refractivity contribution in [3.63, 3.8) is 0 Å². The minimum atomic E-state index is -3.51. The molecule has 0 aliphatic carbocycles. The summed E-state index contributed by atoms with van der Waals surface area (Å²) in [6.45, 7) is 2.91. The Labute approximate surface area is 170 Å². The summed E-state index contributed by atoms with van der Waals surface area (Å²) in [4.78, 5) is 1.51. The summed E-state index contributed by atoms with van der Waals surface area (Å²) in [6, 6.07) is 9.80. The fourth-order valence-corrected chi connectivity index (χ4v) is 4.88. The van der Waals surface area contributed by atoms with E-state index in [1.807, 2.05) is 0 Å². The van der Waals surface area contributed by atoms with Gasteiger partial charge in [-0.3, -0.25) is 0 Å². The molecular weight excluding hydrogens is 404 g/mol. The van der Waals surface area contributed by atoms with E-state index in [2.05, 4.69) is 0 Å². The number of hydrogen-bond donors (Lipinski definition) is 2. The van der Waals surface area contributed by atoms with E-state index >= 15 is 0 Å². The van der Waals surface area contributed by atoms with E-state index in [4.69, 9.17) is 21.1 Å². The lowest BCUT2D eigenvalue weighted by molar-refractivity contribution is -0.917. The van der Waals surface area contributed by atoms with Crippen molar-refractivity contribution < 1.29 is 27.9 Å².